The van der Waals surface area contributed by atoms with Crippen molar-refractivity contribution in [3.8, 4) is 0 Å². The van der Waals surface area contributed by atoms with Crippen LogP contribution < -0.4 is 0 Å². The summed E-state index contributed by atoms with van der Waals surface area (Å²) in [5, 5.41) is 13.8. The molecule has 0 aliphatic rings. The number of unbranched alkanes of at least 4 members (excludes halogenated alkanes) is 1. The summed E-state index contributed by atoms with van der Waals surface area (Å²) in [5.41, 5.74) is 0.756. The van der Waals surface area contributed by atoms with Gasteiger partial charge in [-0.15, -0.1) is 6.58 Å². The zero-order chi connectivity index (χ0) is 9.68. The highest BCUT2D eigenvalue weighted by Gasteiger charge is 2.08. The van der Waals surface area contributed by atoms with Gasteiger partial charge in [0, 0.05) is 13.2 Å². The van der Waals surface area contributed by atoms with Crippen molar-refractivity contribution in [2.24, 2.45) is 7.05 Å². The molecule has 1 N–H and O–H groups in total. The maximum Gasteiger partial charge on any atom is 0.0978 e. The molecule has 0 bridgehead atoms. The van der Waals surface area contributed by atoms with E-state index in [9.17, 15) is 5.11 Å². The van der Waals surface area contributed by atoms with Crippen LogP contribution in [-0.4, -0.2) is 14.9 Å². The van der Waals surface area contributed by atoms with Gasteiger partial charge in [0.05, 0.1) is 11.8 Å². The summed E-state index contributed by atoms with van der Waals surface area (Å²) in [4.78, 5) is 0. The Morgan fingerprint density at radius 3 is 3.08 bits per heavy atom. The van der Waals surface area contributed by atoms with Gasteiger partial charge in [-0.05, 0) is 25.3 Å². The smallest absolute Gasteiger partial charge is 0.0978 e. The van der Waals surface area contributed by atoms with Crippen LogP contribution in [0.2, 0.25) is 0 Å². The molecular formula is C10H16N2O. The first-order valence-electron chi connectivity index (χ1n) is 4.52. The first-order valence-corrected chi connectivity index (χ1v) is 4.52. The summed E-state index contributed by atoms with van der Waals surface area (Å²) < 4.78 is 1.70. The van der Waals surface area contributed by atoms with Gasteiger partial charge in [0.2, 0.25) is 0 Å². The molecule has 0 spiro atoms. The highest BCUT2D eigenvalue weighted by Crippen LogP contribution is 2.16. The van der Waals surface area contributed by atoms with Crippen molar-refractivity contribution >= 4 is 0 Å². The van der Waals surface area contributed by atoms with Crippen molar-refractivity contribution in [3.63, 3.8) is 0 Å². The lowest BCUT2D eigenvalue weighted by Gasteiger charge is -2.05. The number of aliphatic hydroxyl groups is 1. The van der Waals surface area contributed by atoms with E-state index in [-0.39, 0.29) is 0 Å². The van der Waals surface area contributed by atoms with Crippen molar-refractivity contribution in [1.82, 2.24) is 9.78 Å². The molecule has 0 fully saturated rings. The number of allylic oxidation sites excluding steroid dienone is 1. The molecule has 0 saturated carbocycles. The predicted molar refractivity (Wildman–Crippen MR) is 52.2 cm³/mol. The van der Waals surface area contributed by atoms with Crippen molar-refractivity contribution < 1.29 is 5.11 Å². The van der Waals surface area contributed by atoms with Gasteiger partial charge in [0.15, 0.2) is 0 Å². The van der Waals surface area contributed by atoms with Gasteiger partial charge in [-0.1, -0.05) is 6.08 Å². The van der Waals surface area contributed by atoms with Crippen LogP contribution in [0.5, 0.6) is 0 Å². The normalized spacial score (nSPS) is 12.8. The largest absolute Gasteiger partial charge is 0.387 e. The van der Waals surface area contributed by atoms with Crippen LogP contribution in [0.25, 0.3) is 0 Å². The lowest BCUT2D eigenvalue weighted by atomic mass is 10.1. The Morgan fingerprint density at radius 1 is 1.77 bits per heavy atom. The fraction of sp³-hybridized carbons (Fsp3) is 0.500. The quantitative estimate of drug-likeness (QED) is 0.554. The lowest BCUT2D eigenvalue weighted by Crippen LogP contribution is -1.99. The number of hydrogen-bond donors (Lipinski definition) is 1. The zero-order valence-corrected chi connectivity index (χ0v) is 7.98. The molecule has 1 heterocycles. The van der Waals surface area contributed by atoms with Crippen molar-refractivity contribution in [2.75, 3.05) is 0 Å². The summed E-state index contributed by atoms with van der Waals surface area (Å²) in [7, 11) is 1.85. The monoisotopic (exact) mass is 180 g/mol. The van der Waals surface area contributed by atoms with Gasteiger partial charge >= 0.3 is 0 Å². The van der Waals surface area contributed by atoms with E-state index >= 15 is 0 Å². The third-order valence-corrected chi connectivity index (χ3v) is 1.96. The van der Waals surface area contributed by atoms with Crippen molar-refractivity contribution in [2.45, 2.75) is 25.4 Å². The number of rotatable bonds is 5. The van der Waals surface area contributed by atoms with E-state index < -0.39 is 6.10 Å². The molecule has 1 aromatic rings. The van der Waals surface area contributed by atoms with E-state index in [0.29, 0.717) is 0 Å². The summed E-state index contributed by atoms with van der Waals surface area (Å²) >= 11 is 0. The van der Waals surface area contributed by atoms with Crippen LogP contribution in [0, 0.1) is 0 Å². The molecule has 13 heavy (non-hydrogen) atoms. The molecule has 0 radical (unpaired) electrons. The molecule has 0 amide bonds. The molecule has 3 nitrogen and oxygen atoms in total. The third-order valence-electron chi connectivity index (χ3n) is 1.96. The van der Waals surface area contributed by atoms with Crippen LogP contribution in [-0.2, 0) is 7.05 Å². The van der Waals surface area contributed by atoms with Crippen LogP contribution in [0.4, 0.5) is 0 Å². The number of aromatic nitrogens is 2. The second-order valence-corrected chi connectivity index (χ2v) is 3.15. The predicted octanol–water partition coefficient (Wildman–Crippen LogP) is 1.81. The van der Waals surface area contributed by atoms with Gasteiger partial charge in [-0.2, -0.15) is 5.10 Å². The van der Waals surface area contributed by atoms with Gasteiger partial charge in [-0.25, -0.2) is 0 Å². The van der Waals surface area contributed by atoms with Crippen LogP contribution in [0.3, 0.4) is 0 Å². The molecule has 1 aromatic heterocycles. The Labute approximate surface area is 78.7 Å². The van der Waals surface area contributed by atoms with Gasteiger partial charge < -0.3 is 5.11 Å². The molecule has 0 saturated heterocycles. The summed E-state index contributed by atoms with van der Waals surface area (Å²) in [6.07, 6.45) is 5.94. The molecule has 72 valence electrons. The SMILES string of the molecule is C=CCCCC(O)c1ccn(C)n1. The minimum absolute atomic E-state index is 0.429. The number of nitrogens with zero attached hydrogens (tertiary/aromatic N) is 2. The fourth-order valence-electron chi connectivity index (χ4n) is 1.21. The first-order chi connectivity index (χ1) is 6.24. The van der Waals surface area contributed by atoms with E-state index in [0.717, 1.165) is 25.0 Å². The molecular weight excluding hydrogens is 164 g/mol. The minimum atomic E-state index is -0.429. The number of aryl methyl sites for hydroxylation is 1. The van der Waals surface area contributed by atoms with E-state index in [1.807, 2.05) is 25.4 Å². The standard InChI is InChI=1S/C10H16N2O/c1-3-4-5-6-10(13)9-7-8-12(2)11-9/h3,7-8,10,13H,1,4-6H2,2H3. The van der Waals surface area contributed by atoms with Crippen molar-refractivity contribution in [3.05, 3.63) is 30.6 Å². The average molecular weight is 180 g/mol. The fourth-order valence-corrected chi connectivity index (χ4v) is 1.21. The second-order valence-electron chi connectivity index (χ2n) is 3.15. The number of hydrogen-bond acceptors (Lipinski definition) is 2. The van der Waals surface area contributed by atoms with E-state index in [1.165, 1.54) is 0 Å². The summed E-state index contributed by atoms with van der Waals surface area (Å²) in [6.45, 7) is 3.63. The Balaban J connectivity index is 2.39. The van der Waals surface area contributed by atoms with Gasteiger partial charge in [0.1, 0.15) is 0 Å². The maximum atomic E-state index is 9.65. The number of aliphatic hydroxyl groups excluding tert-OH is 1. The van der Waals surface area contributed by atoms with E-state index in [1.54, 1.807) is 4.68 Å². The molecule has 0 aliphatic heterocycles. The minimum Gasteiger partial charge on any atom is -0.387 e. The molecule has 1 atom stereocenters. The Morgan fingerprint density at radius 2 is 2.54 bits per heavy atom. The van der Waals surface area contributed by atoms with Gasteiger partial charge in [-0.3, -0.25) is 4.68 Å². The maximum absolute atomic E-state index is 9.65. The van der Waals surface area contributed by atoms with Crippen molar-refractivity contribution in [1.29, 1.82) is 0 Å². The van der Waals surface area contributed by atoms with Crippen LogP contribution in [0.15, 0.2) is 24.9 Å². The van der Waals surface area contributed by atoms with Crippen LogP contribution in [0.1, 0.15) is 31.1 Å². The Kier molecular flexibility index (Phi) is 3.71. The molecule has 3 heteroatoms. The Bertz CT molecular complexity index is 268. The van der Waals surface area contributed by atoms with Gasteiger partial charge in [0.25, 0.3) is 0 Å². The van der Waals surface area contributed by atoms with E-state index in [2.05, 4.69) is 11.7 Å². The summed E-state index contributed by atoms with van der Waals surface area (Å²) in [6, 6.07) is 1.85. The third kappa shape index (κ3) is 3.03. The summed E-state index contributed by atoms with van der Waals surface area (Å²) in [5.74, 6) is 0. The average Bonchev–Trinajstić information content (AvgIpc) is 2.52. The highest BCUT2D eigenvalue weighted by atomic mass is 16.3. The van der Waals surface area contributed by atoms with E-state index in [4.69, 9.17) is 0 Å². The zero-order valence-electron chi connectivity index (χ0n) is 7.98. The lowest BCUT2D eigenvalue weighted by molar-refractivity contribution is 0.159. The molecule has 0 aliphatic carbocycles. The highest BCUT2D eigenvalue weighted by molar-refractivity contribution is 5.02. The topological polar surface area (TPSA) is 38.0 Å². The van der Waals surface area contributed by atoms with Crippen LogP contribution >= 0.6 is 0 Å². The molecule has 1 rings (SSSR count). The Hall–Kier alpha value is -1.09. The first kappa shape index (κ1) is 9.99. The molecule has 0 aromatic carbocycles. The molecule has 1 unspecified atom stereocenters. The second kappa shape index (κ2) is 4.82.